The number of nitrogens with one attached hydrogen (secondary N) is 4. The summed E-state index contributed by atoms with van der Waals surface area (Å²) in [5.41, 5.74) is 6.36. The molecule has 0 bridgehead atoms. The number of nitrogens with zero attached hydrogens (tertiary/aromatic N) is 6. The molecule has 5 aromatic rings. The Morgan fingerprint density at radius 1 is 0.656 bits per heavy atom. The second-order valence-electron chi connectivity index (χ2n) is 18.2. The fourth-order valence-electron chi connectivity index (χ4n) is 10.9. The molecule has 0 radical (unpaired) electrons. The van der Waals surface area contributed by atoms with Gasteiger partial charge in [-0.05, 0) is 99.3 Å². The molecule has 4 aliphatic heterocycles. The Morgan fingerprint density at radius 2 is 1.23 bits per heavy atom. The first-order chi connectivity index (χ1) is 31.2. The summed E-state index contributed by atoms with van der Waals surface area (Å²) in [6, 6.07) is 10.3. The molecule has 4 N–H and O–H groups in total. The third kappa shape index (κ3) is 7.49. The average molecular weight is 873 g/mol. The molecule has 18 nitrogen and oxygen atoms in total. The van der Waals surface area contributed by atoms with E-state index >= 15 is 0 Å². The maximum Gasteiger partial charge on any atom is 0.407 e. The number of alkyl carbamates (subject to hydrolysis) is 2. The van der Waals surface area contributed by atoms with Crippen LogP contribution in [0.15, 0.2) is 48.8 Å². The number of fused-ring (bicyclic) bond motifs is 4. The van der Waals surface area contributed by atoms with E-state index in [1.54, 1.807) is 12.4 Å². The molecule has 64 heavy (non-hydrogen) atoms. The van der Waals surface area contributed by atoms with Crippen LogP contribution in [0.25, 0.3) is 44.6 Å². The highest BCUT2D eigenvalue weighted by molar-refractivity contribution is 5.89. The number of imidazole rings is 2. The van der Waals surface area contributed by atoms with E-state index in [1.165, 1.54) is 14.2 Å². The molecule has 18 heteroatoms. The van der Waals surface area contributed by atoms with Crippen LogP contribution >= 0.6 is 0 Å². The van der Waals surface area contributed by atoms with Crippen molar-refractivity contribution in [2.75, 3.05) is 40.6 Å². The van der Waals surface area contributed by atoms with Crippen LogP contribution in [-0.2, 0) is 28.5 Å². The summed E-state index contributed by atoms with van der Waals surface area (Å²) in [4.78, 5) is 83.9. The Labute approximate surface area is 368 Å². The second kappa shape index (κ2) is 16.4. The third-order valence-corrected chi connectivity index (χ3v) is 14.5. The van der Waals surface area contributed by atoms with Crippen LogP contribution in [0.4, 0.5) is 9.59 Å². The quantitative estimate of drug-likeness (QED) is 0.143. The summed E-state index contributed by atoms with van der Waals surface area (Å²) in [5, 5.41) is 5.70. The fourth-order valence-corrected chi connectivity index (χ4v) is 10.9. The highest BCUT2D eigenvalue weighted by Gasteiger charge is 2.58. The summed E-state index contributed by atoms with van der Waals surface area (Å²) in [5.74, 6) is 2.01. The van der Waals surface area contributed by atoms with E-state index in [4.69, 9.17) is 38.9 Å². The van der Waals surface area contributed by atoms with Crippen LogP contribution in [0.5, 0.6) is 0 Å². The van der Waals surface area contributed by atoms with Gasteiger partial charge in [-0.2, -0.15) is 0 Å². The molecule has 7 heterocycles. The van der Waals surface area contributed by atoms with Crippen molar-refractivity contribution in [3.63, 3.8) is 0 Å². The molecule has 6 aliphatic rings. The van der Waals surface area contributed by atoms with Gasteiger partial charge in [-0.15, -0.1) is 0 Å². The maximum atomic E-state index is 14.3. The van der Waals surface area contributed by atoms with Crippen molar-refractivity contribution in [2.45, 2.75) is 87.6 Å². The largest absolute Gasteiger partial charge is 0.453 e. The number of aromatic amines is 2. The highest BCUT2D eigenvalue weighted by atomic mass is 16.5. The minimum Gasteiger partial charge on any atom is -0.453 e. The van der Waals surface area contributed by atoms with Crippen molar-refractivity contribution in [3.05, 3.63) is 60.4 Å². The Hall–Kier alpha value is -6.14. The van der Waals surface area contributed by atoms with Crippen LogP contribution in [0.1, 0.15) is 75.1 Å². The summed E-state index contributed by atoms with van der Waals surface area (Å²) in [6.45, 7) is 2.22. The van der Waals surface area contributed by atoms with E-state index in [-0.39, 0.29) is 47.8 Å². The minimum absolute atomic E-state index is 0.0377. The summed E-state index contributed by atoms with van der Waals surface area (Å²) >= 11 is 0. The summed E-state index contributed by atoms with van der Waals surface area (Å²) < 4.78 is 20.9. The Bertz CT molecular complexity index is 2620. The number of H-pyrrole nitrogens is 2. The van der Waals surface area contributed by atoms with E-state index in [0.29, 0.717) is 69.6 Å². The fraction of sp³-hybridized carbons (Fsp3) is 0.522. The van der Waals surface area contributed by atoms with Gasteiger partial charge in [0.1, 0.15) is 23.7 Å². The van der Waals surface area contributed by atoms with Gasteiger partial charge in [-0.25, -0.2) is 24.5 Å². The smallest absolute Gasteiger partial charge is 0.407 e. The molecular formula is C46H52N10O8. The normalized spacial score (nSPS) is 26.3. The van der Waals surface area contributed by atoms with Gasteiger partial charge < -0.3 is 49.3 Å². The molecule has 1 unspecified atom stereocenters. The van der Waals surface area contributed by atoms with Crippen LogP contribution < -0.4 is 10.6 Å². The lowest BCUT2D eigenvalue weighted by atomic mass is 9.90. The van der Waals surface area contributed by atoms with Crippen molar-refractivity contribution in [1.82, 2.24) is 50.3 Å². The lowest BCUT2D eigenvalue weighted by Gasteiger charge is -2.35. The second-order valence-corrected chi connectivity index (χ2v) is 18.2. The van der Waals surface area contributed by atoms with E-state index < -0.39 is 24.3 Å². The number of rotatable bonds is 10. The number of amides is 4. The van der Waals surface area contributed by atoms with Gasteiger partial charge in [-0.3, -0.25) is 14.6 Å². The number of piperidine rings is 2. The highest BCUT2D eigenvalue weighted by Crippen LogP contribution is 2.55. The topological polar surface area (TPSA) is 219 Å². The van der Waals surface area contributed by atoms with Gasteiger partial charge in [0.2, 0.25) is 11.8 Å². The minimum atomic E-state index is -0.695. The maximum absolute atomic E-state index is 14.3. The zero-order valence-corrected chi connectivity index (χ0v) is 35.8. The predicted octanol–water partition coefficient (Wildman–Crippen LogP) is 5.19. The number of hydrogen-bond donors (Lipinski definition) is 4. The van der Waals surface area contributed by atoms with Crippen LogP contribution in [0, 0.1) is 23.7 Å². The van der Waals surface area contributed by atoms with Gasteiger partial charge >= 0.3 is 12.2 Å². The van der Waals surface area contributed by atoms with Crippen molar-refractivity contribution < 1.29 is 38.1 Å². The predicted molar refractivity (Wildman–Crippen MR) is 230 cm³/mol. The Kier molecular flexibility index (Phi) is 10.4. The lowest BCUT2D eigenvalue weighted by Crippen LogP contribution is -2.54. The van der Waals surface area contributed by atoms with Crippen molar-refractivity contribution >= 4 is 46.1 Å². The number of ether oxygens (including phenoxy) is 4. The van der Waals surface area contributed by atoms with E-state index in [1.807, 2.05) is 46.2 Å². The third-order valence-electron chi connectivity index (χ3n) is 14.5. The molecule has 3 aromatic heterocycles. The van der Waals surface area contributed by atoms with Gasteiger partial charge in [-0.1, -0.05) is 12.1 Å². The molecule has 0 spiro atoms. The molecule has 2 saturated carbocycles. The number of likely N-dealkylation sites (tertiary alicyclic amines) is 2. The molecule has 8 atom stereocenters. The number of aromatic nitrogens is 6. The van der Waals surface area contributed by atoms with Gasteiger partial charge in [0.15, 0.2) is 0 Å². The zero-order chi connectivity index (χ0) is 43.6. The molecule has 4 amide bonds. The number of benzene rings is 2. The molecule has 4 saturated heterocycles. The van der Waals surface area contributed by atoms with Crippen molar-refractivity contribution in [1.29, 1.82) is 0 Å². The number of methoxy groups -OCH3 is 2. The van der Waals surface area contributed by atoms with Gasteiger partial charge in [0.05, 0.1) is 72.2 Å². The van der Waals surface area contributed by atoms with Crippen molar-refractivity contribution in [2.24, 2.45) is 23.7 Å². The molecular weight excluding hydrogens is 821 g/mol. The first-order valence-electron chi connectivity index (χ1n) is 22.6. The van der Waals surface area contributed by atoms with Crippen molar-refractivity contribution in [3.8, 4) is 22.5 Å². The molecule has 11 rings (SSSR count). The molecule has 2 aromatic carbocycles. The first kappa shape index (κ1) is 40.6. The lowest BCUT2D eigenvalue weighted by molar-refractivity contribution is -0.138. The average Bonchev–Trinajstić information content (AvgIpc) is 3.95. The summed E-state index contributed by atoms with van der Waals surface area (Å²) in [7, 11) is 2.63. The van der Waals surface area contributed by atoms with E-state index in [9.17, 15) is 19.2 Å². The van der Waals surface area contributed by atoms with Crippen LogP contribution in [0.2, 0.25) is 0 Å². The van der Waals surface area contributed by atoms with E-state index in [0.717, 1.165) is 76.2 Å². The standard InChI is InChI=1S/C46H52N10O8/c1-61-45(59)53-39(23-7-11-63-12-8-23)43(57)55-35-17-27(35)19-37(55)41-48-22-34(52-41)25-3-5-29-31(15-25)47-21-33(49-29)26-4-6-30-32(16-26)51-42(50-30)38-20-28-18-36(28)56(38)44(58)40(54-46(60)62-2)24-9-13-64-14-10-24/h3-6,15-16,21-24,27-28,35-40H,7-14,17-20H2,1-2H3,(H,48,52)(H,50,51)(H,53,59)(H,54,60)/t27-,28-,35-,36-,37?,38+,39+,40+/m1/s1. The zero-order valence-electron chi connectivity index (χ0n) is 35.8. The molecule has 2 aliphatic carbocycles. The first-order valence-corrected chi connectivity index (χ1v) is 22.6. The SMILES string of the molecule is COC(=O)N[C@H](C(=O)N1C(c2ncc(-c3ccc4nc(-c5ccc6nc([C@@H]7C[C@H]8C[C@H]8N7C(=O)[C@@H](NC(=O)OC)C7CCOCC7)[nH]c6c5)cnc4c3)[nH]2)C[C@H]2C[C@H]21)C1CCOCC1. The number of carbonyl (C=O) groups excluding carboxylic acids is 4. The Balaban J connectivity index is 0.804. The van der Waals surface area contributed by atoms with Crippen LogP contribution in [0.3, 0.4) is 0 Å². The van der Waals surface area contributed by atoms with Gasteiger partial charge in [0, 0.05) is 49.6 Å². The van der Waals surface area contributed by atoms with Gasteiger partial charge in [0.25, 0.3) is 0 Å². The number of hydrogen-bond acceptors (Lipinski definition) is 12. The molecule has 6 fully saturated rings. The van der Waals surface area contributed by atoms with Crippen LogP contribution in [-0.4, -0.2) is 129 Å². The summed E-state index contributed by atoms with van der Waals surface area (Å²) in [6.07, 6.45) is 8.63. The number of carbonyl (C=O) groups is 4. The monoisotopic (exact) mass is 872 g/mol. The van der Waals surface area contributed by atoms with E-state index in [2.05, 4.69) is 20.6 Å². The molecule has 334 valence electrons. The Morgan fingerprint density at radius 3 is 1.84 bits per heavy atom.